The van der Waals surface area contributed by atoms with E-state index in [4.69, 9.17) is 20.3 Å². The summed E-state index contributed by atoms with van der Waals surface area (Å²) in [4.78, 5) is 0. The van der Waals surface area contributed by atoms with Gasteiger partial charge in [-0.3, -0.25) is 0 Å². The van der Waals surface area contributed by atoms with E-state index >= 15 is 0 Å². The molecule has 0 N–H and O–H groups in total. The first-order valence-electron chi connectivity index (χ1n) is 5.64. The van der Waals surface area contributed by atoms with E-state index in [1.807, 2.05) is 60.7 Å². The van der Waals surface area contributed by atoms with Gasteiger partial charge in [-0.2, -0.15) is 0 Å². The lowest BCUT2D eigenvalue weighted by Gasteiger charge is -2.10. The monoisotopic (exact) mass is 280 g/mol. The normalized spacial score (nSPS) is 10.8. The van der Waals surface area contributed by atoms with Crippen molar-refractivity contribution in [1.29, 1.82) is 0 Å². The minimum Gasteiger partial charge on any atom is -0.317 e. The second-order valence-electron chi connectivity index (χ2n) is 3.73. The van der Waals surface area contributed by atoms with E-state index < -0.39 is 7.73 Å². The molecule has 0 aliphatic carbocycles. The first-order valence-corrected chi connectivity index (χ1v) is 7.72. The molecule has 2 aromatic carbocycles. The first kappa shape index (κ1) is 13.5. The van der Waals surface area contributed by atoms with Crippen molar-refractivity contribution in [3.63, 3.8) is 0 Å². The lowest BCUT2D eigenvalue weighted by atomic mass is 10.2. The summed E-state index contributed by atoms with van der Waals surface area (Å²) in [5.41, 5.74) is 2.18. The molecule has 18 heavy (non-hydrogen) atoms. The maximum Gasteiger partial charge on any atom is 0.277 e. The molecule has 0 aromatic heterocycles. The quantitative estimate of drug-likeness (QED) is 0.702. The van der Waals surface area contributed by atoms with Crippen molar-refractivity contribution in [3.8, 4) is 0 Å². The fraction of sp³-hybridized carbons (Fsp3) is 0.143. The highest BCUT2D eigenvalue weighted by Crippen LogP contribution is 2.45. The summed E-state index contributed by atoms with van der Waals surface area (Å²) in [6.07, 6.45) is 0. The molecule has 0 spiro atoms. The summed E-state index contributed by atoms with van der Waals surface area (Å²) < 4.78 is 10.9. The third kappa shape index (κ3) is 4.75. The van der Waals surface area contributed by atoms with Gasteiger partial charge in [-0.05, 0) is 22.4 Å². The van der Waals surface area contributed by atoms with Crippen molar-refractivity contribution in [3.05, 3.63) is 71.8 Å². The van der Waals surface area contributed by atoms with Gasteiger partial charge in [0.1, 0.15) is 0 Å². The molecule has 0 unspecified atom stereocenters. The molecular weight excluding hydrogens is 267 g/mol. The zero-order valence-corrected chi connectivity index (χ0v) is 11.5. The molecule has 0 amide bonds. The Bertz CT molecular complexity index is 406. The standard InChI is InChI=1S/C14H14ClO2P/c15-18(16-11-13-7-3-1-4-8-13)17-12-14-9-5-2-6-10-14/h1-10H,11-12H2. The second-order valence-corrected chi connectivity index (χ2v) is 5.50. The molecule has 0 radical (unpaired) electrons. The Morgan fingerprint density at radius 3 is 1.50 bits per heavy atom. The molecule has 0 aliphatic rings. The van der Waals surface area contributed by atoms with E-state index in [0.717, 1.165) is 11.1 Å². The van der Waals surface area contributed by atoms with Crippen LogP contribution in [-0.2, 0) is 22.3 Å². The summed E-state index contributed by atoms with van der Waals surface area (Å²) in [6.45, 7) is 0.954. The predicted octanol–water partition coefficient (Wildman–Crippen LogP) is 4.89. The molecule has 0 bridgehead atoms. The summed E-state index contributed by atoms with van der Waals surface area (Å²) in [5.74, 6) is 0. The van der Waals surface area contributed by atoms with Gasteiger partial charge < -0.3 is 9.05 Å². The Balaban J connectivity index is 1.71. The van der Waals surface area contributed by atoms with Crippen LogP contribution < -0.4 is 0 Å². The van der Waals surface area contributed by atoms with Crippen molar-refractivity contribution in [2.45, 2.75) is 13.2 Å². The van der Waals surface area contributed by atoms with E-state index in [2.05, 4.69) is 0 Å². The Morgan fingerprint density at radius 1 is 0.722 bits per heavy atom. The van der Waals surface area contributed by atoms with E-state index in [1.165, 1.54) is 0 Å². The van der Waals surface area contributed by atoms with Crippen LogP contribution in [0, 0.1) is 0 Å². The Morgan fingerprint density at radius 2 is 1.11 bits per heavy atom. The average Bonchev–Trinajstić information content (AvgIpc) is 2.45. The van der Waals surface area contributed by atoms with Crippen molar-refractivity contribution in [1.82, 2.24) is 0 Å². The van der Waals surface area contributed by atoms with E-state index in [-0.39, 0.29) is 0 Å². The fourth-order valence-corrected chi connectivity index (χ4v) is 2.30. The maximum atomic E-state index is 6.00. The second kappa shape index (κ2) is 7.50. The van der Waals surface area contributed by atoms with E-state index in [1.54, 1.807) is 0 Å². The maximum absolute atomic E-state index is 6.00. The van der Waals surface area contributed by atoms with Gasteiger partial charge in [-0.25, -0.2) is 0 Å². The minimum atomic E-state index is -1.36. The summed E-state index contributed by atoms with van der Waals surface area (Å²) in [5, 5.41) is 0. The lowest BCUT2D eigenvalue weighted by Crippen LogP contribution is -1.90. The van der Waals surface area contributed by atoms with E-state index in [9.17, 15) is 0 Å². The van der Waals surface area contributed by atoms with Gasteiger partial charge in [0, 0.05) is 0 Å². The Kier molecular flexibility index (Phi) is 5.63. The van der Waals surface area contributed by atoms with Crippen LogP contribution in [0.15, 0.2) is 60.7 Å². The molecule has 2 aromatic rings. The molecule has 0 heterocycles. The van der Waals surface area contributed by atoms with Crippen LogP contribution in [-0.4, -0.2) is 0 Å². The predicted molar refractivity (Wildman–Crippen MR) is 75.2 cm³/mol. The highest BCUT2D eigenvalue weighted by molar-refractivity contribution is 7.76. The number of benzene rings is 2. The van der Waals surface area contributed by atoms with Crippen LogP contribution in [0.4, 0.5) is 0 Å². The van der Waals surface area contributed by atoms with Gasteiger partial charge in [0.15, 0.2) is 0 Å². The third-order valence-corrected chi connectivity index (χ3v) is 3.60. The van der Waals surface area contributed by atoms with Gasteiger partial charge in [0.05, 0.1) is 13.2 Å². The lowest BCUT2D eigenvalue weighted by molar-refractivity contribution is 0.247. The van der Waals surface area contributed by atoms with Crippen LogP contribution in [0.3, 0.4) is 0 Å². The summed E-state index contributed by atoms with van der Waals surface area (Å²) in [7, 11) is -1.36. The Labute approximate surface area is 113 Å². The zero-order valence-electron chi connectivity index (χ0n) is 9.83. The van der Waals surface area contributed by atoms with Crippen molar-refractivity contribution < 1.29 is 9.05 Å². The largest absolute Gasteiger partial charge is 0.317 e. The number of hydrogen-bond donors (Lipinski definition) is 0. The Hall–Kier alpha value is -0.920. The van der Waals surface area contributed by atoms with Crippen molar-refractivity contribution >= 4 is 19.0 Å². The summed E-state index contributed by atoms with van der Waals surface area (Å²) >= 11 is 6.00. The number of rotatable bonds is 6. The van der Waals surface area contributed by atoms with Crippen LogP contribution in [0.5, 0.6) is 0 Å². The molecule has 0 aliphatic heterocycles. The van der Waals surface area contributed by atoms with Crippen molar-refractivity contribution in [2.24, 2.45) is 0 Å². The van der Waals surface area contributed by atoms with Gasteiger partial charge in [0.25, 0.3) is 7.73 Å². The SMILES string of the molecule is ClP(OCc1ccccc1)OCc1ccccc1. The molecule has 4 heteroatoms. The van der Waals surface area contributed by atoms with Crippen molar-refractivity contribution in [2.75, 3.05) is 0 Å². The van der Waals surface area contributed by atoms with Gasteiger partial charge in [-0.15, -0.1) is 0 Å². The third-order valence-electron chi connectivity index (χ3n) is 2.35. The molecule has 0 fully saturated rings. The zero-order chi connectivity index (χ0) is 12.6. The molecule has 94 valence electrons. The van der Waals surface area contributed by atoms with Gasteiger partial charge in [0.2, 0.25) is 0 Å². The van der Waals surface area contributed by atoms with E-state index in [0.29, 0.717) is 13.2 Å². The minimum absolute atomic E-state index is 0.477. The smallest absolute Gasteiger partial charge is 0.277 e. The topological polar surface area (TPSA) is 18.5 Å². The van der Waals surface area contributed by atoms with Crippen LogP contribution >= 0.6 is 19.0 Å². The fourth-order valence-electron chi connectivity index (χ4n) is 1.44. The number of halogens is 1. The van der Waals surface area contributed by atoms with Crippen LogP contribution in [0.1, 0.15) is 11.1 Å². The van der Waals surface area contributed by atoms with Crippen LogP contribution in [0.2, 0.25) is 0 Å². The molecule has 2 rings (SSSR count). The first-order chi connectivity index (χ1) is 8.84. The molecule has 2 nitrogen and oxygen atoms in total. The van der Waals surface area contributed by atoms with Gasteiger partial charge in [-0.1, -0.05) is 60.7 Å². The molecule has 0 saturated carbocycles. The molecule has 0 saturated heterocycles. The van der Waals surface area contributed by atoms with Gasteiger partial charge >= 0.3 is 0 Å². The molecule has 0 atom stereocenters. The number of hydrogen-bond acceptors (Lipinski definition) is 2. The average molecular weight is 281 g/mol. The molecular formula is C14H14ClO2P. The highest BCUT2D eigenvalue weighted by Gasteiger charge is 2.07. The highest BCUT2D eigenvalue weighted by atomic mass is 35.7. The summed E-state index contributed by atoms with van der Waals surface area (Å²) in [6, 6.07) is 19.8. The van der Waals surface area contributed by atoms with Crippen LogP contribution in [0.25, 0.3) is 0 Å².